The number of aliphatic hydroxyl groups is 1. The van der Waals surface area contributed by atoms with Gasteiger partial charge in [0, 0.05) is 11.8 Å². The van der Waals surface area contributed by atoms with Crippen LogP contribution < -0.4 is 0 Å². The van der Waals surface area contributed by atoms with Gasteiger partial charge in [0.05, 0.1) is 16.8 Å². The smallest absolute Gasteiger partial charge is 0.129 e. The predicted molar refractivity (Wildman–Crippen MR) is 90.8 cm³/mol. The van der Waals surface area contributed by atoms with E-state index in [2.05, 4.69) is 18.4 Å². The van der Waals surface area contributed by atoms with Crippen molar-refractivity contribution in [3.8, 4) is 5.69 Å². The first kappa shape index (κ1) is 14.2. The second-order valence-electron chi connectivity index (χ2n) is 6.79. The van der Waals surface area contributed by atoms with Crippen LogP contribution >= 0.6 is 0 Å². The minimum atomic E-state index is -1.13. The van der Waals surface area contributed by atoms with Gasteiger partial charge in [0.15, 0.2) is 0 Å². The van der Waals surface area contributed by atoms with Crippen molar-refractivity contribution >= 4 is 0 Å². The van der Waals surface area contributed by atoms with Crippen molar-refractivity contribution < 1.29 is 5.11 Å². The summed E-state index contributed by atoms with van der Waals surface area (Å²) >= 11 is 0. The number of hydrogen-bond acceptors (Lipinski definition) is 2. The number of hydrogen-bond donors (Lipinski definition) is 1. The molecule has 116 valence electrons. The number of para-hydroxylation sites is 1. The summed E-state index contributed by atoms with van der Waals surface area (Å²) in [7, 11) is 0. The van der Waals surface area contributed by atoms with Crippen molar-refractivity contribution in [1.29, 1.82) is 0 Å². The Hall–Kier alpha value is -2.39. The fourth-order valence-electron chi connectivity index (χ4n) is 3.81. The van der Waals surface area contributed by atoms with Crippen molar-refractivity contribution in [2.75, 3.05) is 0 Å². The van der Waals surface area contributed by atoms with E-state index in [0.29, 0.717) is 0 Å². The van der Waals surface area contributed by atoms with Gasteiger partial charge < -0.3 is 9.67 Å². The van der Waals surface area contributed by atoms with Gasteiger partial charge in [0.1, 0.15) is 11.4 Å². The molecule has 3 heteroatoms. The van der Waals surface area contributed by atoms with Gasteiger partial charge in [-0.25, -0.2) is 4.98 Å². The molecule has 1 N–H and O–H groups in total. The first-order valence-electron chi connectivity index (χ1n) is 7.90. The molecule has 4 rings (SSSR count). The Kier molecular flexibility index (Phi) is 2.82. The Morgan fingerprint density at radius 3 is 2.35 bits per heavy atom. The number of fused-ring (bicyclic) bond motifs is 3. The van der Waals surface area contributed by atoms with Crippen LogP contribution in [0.15, 0.2) is 60.8 Å². The molecule has 0 fully saturated rings. The molecular formula is C20H20N2O. The lowest BCUT2D eigenvalue weighted by Crippen LogP contribution is -2.50. The van der Waals surface area contributed by atoms with Gasteiger partial charge in [-0.2, -0.15) is 0 Å². The second-order valence-corrected chi connectivity index (χ2v) is 6.79. The van der Waals surface area contributed by atoms with Crippen molar-refractivity contribution in [3.05, 3.63) is 83.4 Å². The number of imidazole rings is 1. The third-order valence-corrected chi connectivity index (χ3v) is 5.03. The summed E-state index contributed by atoms with van der Waals surface area (Å²) in [5.41, 5.74) is 2.08. The Morgan fingerprint density at radius 1 is 0.957 bits per heavy atom. The van der Waals surface area contributed by atoms with E-state index in [-0.39, 0.29) is 0 Å². The summed E-state index contributed by atoms with van der Waals surface area (Å²) in [5, 5.41) is 11.9. The van der Waals surface area contributed by atoms with Gasteiger partial charge >= 0.3 is 0 Å². The molecule has 0 amide bonds. The molecule has 0 saturated heterocycles. The van der Waals surface area contributed by atoms with Gasteiger partial charge in [-0.15, -0.1) is 0 Å². The molecule has 1 aliphatic rings. The summed E-state index contributed by atoms with van der Waals surface area (Å²) in [4.78, 5) is 4.73. The van der Waals surface area contributed by atoms with Gasteiger partial charge in [0.2, 0.25) is 0 Å². The Labute approximate surface area is 136 Å². The van der Waals surface area contributed by atoms with Gasteiger partial charge in [0.25, 0.3) is 0 Å². The number of benzene rings is 2. The fraction of sp³-hybridized carbons (Fsp3) is 0.250. The van der Waals surface area contributed by atoms with E-state index in [1.807, 2.05) is 67.7 Å². The third kappa shape index (κ3) is 1.71. The lowest BCUT2D eigenvalue weighted by atomic mass is 9.64. The molecule has 2 heterocycles. The summed E-state index contributed by atoms with van der Waals surface area (Å²) in [5.74, 6) is 0.889. The van der Waals surface area contributed by atoms with E-state index < -0.39 is 11.0 Å². The van der Waals surface area contributed by atoms with Crippen LogP contribution in [0.3, 0.4) is 0 Å². The normalized spacial score (nSPS) is 21.6. The molecule has 1 unspecified atom stereocenters. The zero-order valence-corrected chi connectivity index (χ0v) is 13.6. The van der Waals surface area contributed by atoms with Gasteiger partial charge in [-0.05, 0) is 32.4 Å². The highest BCUT2D eigenvalue weighted by atomic mass is 16.3. The van der Waals surface area contributed by atoms with Crippen LogP contribution in [0.5, 0.6) is 0 Å². The highest BCUT2D eigenvalue weighted by molar-refractivity contribution is 5.57. The minimum Gasteiger partial charge on any atom is -0.379 e. The lowest BCUT2D eigenvalue weighted by molar-refractivity contribution is -0.00118. The molecule has 3 nitrogen and oxygen atoms in total. The van der Waals surface area contributed by atoms with Crippen molar-refractivity contribution in [1.82, 2.24) is 9.55 Å². The number of aryl methyl sites for hydroxylation is 1. The van der Waals surface area contributed by atoms with Crippen molar-refractivity contribution in [2.24, 2.45) is 0 Å². The number of nitrogens with zero attached hydrogens (tertiary/aromatic N) is 2. The zero-order valence-electron chi connectivity index (χ0n) is 13.6. The molecule has 1 atom stereocenters. The summed E-state index contributed by atoms with van der Waals surface area (Å²) in [6.07, 6.45) is 2.04. The molecule has 1 aliphatic heterocycles. The Morgan fingerprint density at radius 2 is 1.61 bits per heavy atom. The van der Waals surface area contributed by atoms with Crippen LogP contribution in [0, 0.1) is 6.92 Å². The van der Waals surface area contributed by atoms with E-state index >= 15 is 0 Å². The molecule has 0 saturated carbocycles. The molecule has 0 bridgehead atoms. The zero-order chi connectivity index (χ0) is 16.2. The van der Waals surface area contributed by atoms with Crippen molar-refractivity contribution in [3.63, 3.8) is 0 Å². The maximum absolute atomic E-state index is 11.9. The van der Waals surface area contributed by atoms with E-state index in [1.54, 1.807) is 0 Å². The molecule has 3 aromatic rings. The number of aromatic nitrogens is 2. The van der Waals surface area contributed by atoms with E-state index in [1.165, 1.54) is 0 Å². The Balaban J connectivity index is 2.12. The van der Waals surface area contributed by atoms with Crippen LogP contribution in [-0.4, -0.2) is 14.7 Å². The minimum absolute atomic E-state index is 0.559. The number of rotatable bonds is 1. The highest BCUT2D eigenvalue weighted by Crippen LogP contribution is 2.51. The summed E-state index contributed by atoms with van der Waals surface area (Å²) in [6.45, 7) is 6.12. The average Bonchev–Trinajstić information content (AvgIpc) is 2.97. The first-order valence-corrected chi connectivity index (χ1v) is 7.90. The van der Waals surface area contributed by atoms with E-state index in [9.17, 15) is 5.11 Å². The molecule has 0 spiro atoms. The topological polar surface area (TPSA) is 38.0 Å². The molecular weight excluding hydrogens is 284 g/mol. The molecule has 0 radical (unpaired) electrons. The maximum Gasteiger partial charge on any atom is 0.129 e. The second kappa shape index (κ2) is 4.56. The van der Waals surface area contributed by atoms with E-state index in [0.717, 1.165) is 28.3 Å². The fourth-order valence-corrected chi connectivity index (χ4v) is 3.81. The largest absolute Gasteiger partial charge is 0.379 e. The quantitative estimate of drug-likeness (QED) is 0.744. The summed E-state index contributed by atoms with van der Waals surface area (Å²) < 4.78 is 2.11. The van der Waals surface area contributed by atoms with Crippen LogP contribution in [0.1, 0.15) is 36.5 Å². The monoisotopic (exact) mass is 304 g/mol. The van der Waals surface area contributed by atoms with Crippen LogP contribution in [0.4, 0.5) is 0 Å². The molecule has 23 heavy (non-hydrogen) atoms. The highest BCUT2D eigenvalue weighted by Gasteiger charge is 2.53. The molecule has 0 aliphatic carbocycles. The van der Waals surface area contributed by atoms with Crippen LogP contribution in [-0.2, 0) is 11.0 Å². The third-order valence-electron chi connectivity index (χ3n) is 5.03. The lowest BCUT2D eigenvalue weighted by Gasteiger charge is -2.47. The molecule has 1 aromatic heterocycles. The van der Waals surface area contributed by atoms with E-state index in [4.69, 9.17) is 4.98 Å². The predicted octanol–water partition coefficient (Wildman–Crippen LogP) is 3.71. The first-order chi connectivity index (χ1) is 11.0. The molecule has 2 aromatic carbocycles. The average molecular weight is 304 g/mol. The summed E-state index contributed by atoms with van der Waals surface area (Å²) in [6, 6.07) is 17.9. The van der Waals surface area contributed by atoms with Crippen LogP contribution in [0.2, 0.25) is 0 Å². The van der Waals surface area contributed by atoms with Crippen molar-refractivity contribution in [2.45, 2.75) is 31.8 Å². The van der Waals surface area contributed by atoms with Crippen LogP contribution in [0.25, 0.3) is 5.69 Å². The SMILES string of the molecule is Cc1cn2c(n1)C(C)(C)C(O)(c1ccccc1)c1ccccc1-2. The van der Waals surface area contributed by atoms with Gasteiger partial charge in [-0.1, -0.05) is 48.5 Å². The van der Waals surface area contributed by atoms with Gasteiger partial charge in [-0.3, -0.25) is 0 Å². The standard InChI is InChI=1S/C20H20N2O/c1-14-13-22-17-12-8-7-11-16(17)20(23,15-9-5-4-6-10-15)19(2,3)18(22)21-14/h4-13,23H,1-3H3. The maximum atomic E-state index is 11.9. The Bertz CT molecular complexity index is 880.